The molecule has 0 aliphatic carbocycles. The minimum Gasteiger partial charge on any atom is -0.422 e. The Balaban J connectivity index is 1.28. The van der Waals surface area contributed by atoms with Crippen molar-refractivity contribution < 1.29 is 14.0 Å². The number of hydrogen-bond donors (Lipinski definition) is 0. The van der Waals surface area contributed by atoms with Gasteiger partial charge in [0.05, 0.1) is 0 Å². The Labute approximate surface area is 172 Å². The molecule has 2 amide bonds. The fourth-order valence-corrected chi connectivity index (χ4v) is 4.18. The van der Waals surface area contributed by atoms with Gasteiger partial charge in [0.2, 0.25) is 0 Å². The van der Waals surface area contributed by atoms with E-state index in [0.29, 0.717) is 42.8 Å². The number of aryl methyl sites for hydroxylation is 2. The van der Waals surface area contributed by atoms with Crippen LogP contribution in [0, 0.1) is 0 Å². The van der Waals surface area contributed by atoms with Crippen LogP contribution in [0.3, 0.4) is 0 Å². The zero-order chi connectivity index (χ0) is 20.7. The van der Waals surface area contributed by atoms with Crippen molar-refractivity contribution in [3.8, 4) is 0 Å². The second-order valence-electron chi connectivity index (χ2n) is 7.77. The average molecular weight is 406 g/mol. The molecule has 3 aromatic rings. The van der Waals surface area contributed by atoms with Crippen LogP contribution in [-0.2, 0) is 13.0 Å². The average Bonchev–Trinajstić information content (AvgIpc) is 3.22. The SMILES string of the molecule is O=C(c1cc2n(n1)CCCC2)N1CCN(C(=O)c2cc3ccccc3oc2=O)CC1. The summed E-state index contributed by atoms with van der Waals surface area (Å²) in [4.78, 5) is 41.3. The molecule has 1 saturated heterocycles. The van der Waals surface area contributed by atoms with Gasteiger partial charge in [-0.3, -0.25) is 14.3 Å². The summed E-state index contributed by atoms with van der Waals surface area (Å²) in [5.41, 5.74) is 1.43. The number of aromatic nitrogens is 2. The van der Waals surface area contributed by atoms with Crippen molar-refractivity contribution in [3.63, 3.8) is 0 Å². The number of nitrogens with zero attached hydrogens (tertiary/aromatic N) is 4. The molecule has 2 aliphatic rings. The Morgan fingerprint density at radius 2 is 1.63 bits per heavy atom. The predicted molar refractivity (Wildman–Crippen MR) is 109 cm³/mol. The van der Waals surface area contributed by atoms with Crippen molar-refractivity contribution >= 4 is 22.8 Å². The van der Waals surface area contributed by atoms with Crippen LogP contribution in [-0.4, -0.2) is 57.6 Å². The van der Waals surface area contributed by atoms with E-state index in [1.165, 1.54) is 0 Å². The molecule has 8 heteroatoms. The summed E-state index contributed by atoms with van der Waals surface area (Å²) in [6, 6.07) is 10.6. The molecule has 2 aromatic heterocycles. The number of carbonyl (C=O) groups excluding carboxylic acids is 2. The summed E-state index contributed by atoms with van der Waals surface area (Å²) < 4.78 is 7.21. The fourth-order valence-electron chi connectivity index (χ4n) is 4.18. The monoisotopic (exact) mass is 406 g/mol. The van der Waals surface area contributed by atoms with E-state index < -0.39 is 5.63 Å². The lowest BCUT2D eigenvalue weighted by Gasteiger charge is -2.34. The van der Waals surface area contributed by atoms with E-state index in [1.807, 2.05) is 16.8 Å². The normalized spacial score (nSPS) is 16.5. The largest absolute Gasteiger partial charge is 0.422 e. The Morgan fingerprint density at radius 3 is 2.40 bits per heavy atom. The molecule has 0 radical (unpaired) electrons. The summed E-state index contributed by atoms with van der Waals surface area (Å²) in [6.45, 7) is 2.41. The van der Waals surface area contributed by atoms with Crippen molar-refractivity contribution in [1.29, 1.82) is 0 Å². The molecule has 2 aliphatic heterocycles. The van der Waals surface area contributed by atoms with Gasteiger partial charge in [0, 0.05) is 43.8 Å². The lowest BCUT2D eigenvalue weighted by molar-refractivity contribution is 0.0529. The standard InChI is InChI=1S/C22H22N4O4/c27-20(17-13-15-5-1-2-7-19(15)30-22(17)29)24-9-11-25(12-10-24)21(28)18-14-16-6-3-4-8-26(16)23-18/h1-2,5,7,13-14H,3-4,6,8-12H2. The lowest BCUT2D eigenvalue weighted by Crippen LogP contribution is -2.51. The third kappa shape index (κ3) is 3.28. The van der Waals surface area contributed by atoms with Crippen molar-refractivity contribution in [3.05, 3.63) is 63.8 Å². The molecule has 8 nitrogen and oxygen atoms in total. The number of amides is 2. The highest BCUT2D eigenvalue weighted by Crippen LogP contribution is 2.18. The molecule has 5 rings (SSSR count). The zero-order valence-corrected chi connectivity index (χ0v) is 16.5. The maximum Gasteiger partial charge on any atom is 0.349 e. The fraction of sp³-hybridized carbons (Fsp3) is 0.364. The first kappa shape index (κ1) is 18.6. The van der Waals surface area contributed by atoms with Crippen molar-refractivity contribution in [1.82, 2.24) is 19.6 Å². The van der Waals surface area contributed by atoms with Gasteiger partial charge in [-0.2, -0.15) is 5.10 Å². The van der Waals surface area contributed by atoms with Gasteiger partial charge in [0.15, 0.2) is 5.69 Å². The van der Waals surface area contributed by atoms with E-state index >= 15 is 0 Å². The molecule has 4 heterocycles. The lowest BCUT2D eigenvalue weighted by atomic mass is 10.1. The maximum atomic E-state index is 12.9. The molecule has 1 aromatic carbocycles. The van der Waals surface area contributed by atoms with E-state index in [4.69, 9.17) is 4.42 Å². The smallest absolute Gasteiger partial charge is 0.349 e. The first-order valence-electron chi connectivity index (χ1n) is 10.3. The molecule has 0 N–H and O–H groups in total. The van der Waals surface area contributed by atoms with Gasteiger partial charge in [-0.05, 0) is 37.5 Å². The van der Waals surface area contributed by atoms with Crippen molar-refractivity contribution in [2.24, 2.45) is 0 Å². The van der Waals surface area contributed by atoms with Crippen LogP contribution in [0.4, 0.5) is 0 Å². The second kappa shape index (κ2) is 7.44. The molecular formula is C22H22N4O4. The molecule has 0 atom stereocenters. The van der Waals surface area contributed by atoms with Crippen LogP contribution in [0.5, 0.6) is 0 Å². The molecule has 0 saturated carbocycles. The Kier molecular flexibility index (Phi) is 4.61. The van der Waals surface area contributed by atoms with Crippen molar-refractivity contribution in [2.75, 3.05) is 26.2 Å². The highest BCUT2D eigenvalue weighted by atomic mass is 16.4. The third-order valence-corrected chi connectivity index (χ3v) is 5.86. The number of hydrogen-bond acceptors (Lipinski definition) is 5. The minimum absolute atomic E-state index is 0.0234. The minimum atomic E-state index is -0.638. The number of benzene rings is 1. The quantitative estimate of drug-likeness (QED) is 0.607. The van der Waals surface area contributed by atoms with Gasteiger partial charge in [-0.15, -0.1) is 0 Å². The van der Waals surface area contributed by atoms with E-state index in [-0.39, 0.29) is 17.4 Å². The first-order chi connectivity index (χ1) is 14.6. The highest BCUT2D eigenvalue weighted by molar-refractivity contribution is 5.97. The summed E-state index contributed by atoms with van der Waals surface area (Å²) in [6.07, 6.45) is 3.17. The van der Waals surface area contributed by atoms with Crippen LogP contribution in [0.15, 0.2) is 45.6 Å². The summed E-state index contributed by atoms with van der Waals surface area (Å²) in [5, 5.41) is 5.17. The van der Waals surface area contributed by atoms with Gasteiger partial charge >= 0.3 is 5.63 Å². The van der Waals surface area contributed by atoms with Gasteiger partial charge < -0.3 is 14.2 Å². The number of rotatable bonds is 2. The molecular weight excluding hydrogens is 384 g/mol. The summed E-state index contributed by atoms with van der Waals surface area (Å²) in [5.74, 6) is -0.465. The first-order valence-corrected chi connectivity index (χ1v) is 10.3. The van der Waals surface area contributed by atoms with E-state index in [0.717, 1.165) is 31.5 Å². The Hall–Kier alpha value is -3.42. The van der Waals surface area contributed by atoms with E-state index in [9.17, 15) is 14.4 Å². The van der Waals surface area contributed by atoms with Crippen LogP contribution in [0.1, 0.15) is 39.4 Å². The maximum absolute atomic E-state index is 12.9. The van der Waals surface area contributed by atoms with Crippen molar-refractivity contribution in [2.45, 2.75) is 25.8 Å². The van der Waals surface area contributed by atoms with E-state index in [2.05, 4.69) is 5.10 Å². The van der Waals surface area contributed by atoms with E-state index in [1.54, 1.807) is 34.1 Å². The molecule has 30 heavy (non-hydrogen) atoms. The Morgan fingerprint density at radius 1 is 0.900 bits per heavy atom. The van der Waals surface area contributed by atoms with Crippen LogP contribution in [0.25, 0.3) is 11.0 Å². The second-order valence-corrected chi connectivity index (χ2v) is 7.77. The molecule has 0 unspecified atom stereocenters. The van der Waals surface area contributed by atoms with Gasteiger partial charge in [0.25, 0.3) is 11.8 Å². The molecule has 154 valence electrons. The number of para-hydroxylation sites is 1. The van der Waals surface area contributed by atoms with Gasteiger partial charge in [0.1, 0.15) is 11.1 Å². The zero-order valence-electron chi connectivity index (χ0n) is 16.5. The highest BCUT2D eigenvalue weighted by Gasteiger charge is 2.29. The molecule has 1 fully saturated rings. The van der Waals surface area contributed by atoms with Crippen LogP contribution < -0.4 is 5.63 Å². The Bertz CT molecular complexity index is 1160. The summed E-state index contributed by atoms with van der Waals surface area (Å²) >= 11 is 0. The number of fused-ring (bicyclic) bond motifs is 2. The van der Waals surface area contributed by atoms with Crippen LogP contribution >= 0.6 is 0 Å². The molecule has 0 spiro atoms. The van der Waals surface area contributed by atoms with Gasteiger partial charge in [-0.1, -0.05) is 18.2 Å². The predicted octanol–water partition coefficient (Wildman–Crippen LogP) is 1.92. The topological polar surface area (TPSA) is 88.7 Å². The van der Waals surface area contributed by atoms with Gasteiger partial charge in [-0.25, -0.2) is 4.79 Å². The summed E-state index contributed by atoms with van der Waals surface area (Å²) in [7, 11) is 0. The van der Waals surface area contributed by atoms with Crippen LogP contribution in [0.2, 0.25) is 0 Å². The molecule has 0 bridgehead atoms. The number of carbonyl (C=O) groups is 2. The number of piperazine rings is 1. The third-order valence-electron chi connectivity index (χ3n) is 5.86.